The largest absolute Gasteiger partial charge is 0.477 e. The summed E-state index contributed by atoms with van der Waals surface area (Å²) in [5.74, 6) is -1.81. The Hall–Kier alpha value is -2.36. The normalized spacial score (nSPS) is 24.0. The van der Waals surface area contributed by atoms with Crippen molar-refractivity contribution in [3.8, 4) is 0 Å². The molecule has 3 atom stereocenters. The average Bonchev–Trinajstić information content (AvgIpc) is 2.70. The van der Waals surface area contributed by atoms with Crippen LogP contribution >= 0.6 is 0 Å². The standard InChI is InChI=1S/C15H22FN3O6/c1-8-5-9-7-18(14(23)19(9)25-11(16)12(20)21)10(8)6-17-13(22)24-15(2,3)4/h5,9-11H,6-7H2,1-4H3,(H,17,22)(H,20,21)/t9-,10-,11?/m1/s1. The third kappa shape index (κ3) is 4.38. The van der Waals surface area contributed by atoms with Crippen LogP contribution in [0.5, 0.6) is 0 Å². The van der Waals surface area contributed by atoms with Crippen LogP contribution in [0.15, 0.2) is 11.6 Å². The van der Waals surface area contributed by atoms with Crippen molar-refractivity contribution in [3.05, 3.63) is 11.6 Å². The van der Waals surface area contributed by atoms with Gasteiger partial charge < -0.3 is 20.1 Å². The summed E-state index contributed by atoms with van der Waals surface area (Å²) in [6.07, 6.45) is -1.55. The number of halogens is 1. The minimum absolute atomic E-state index is 0.113. The first-order valence-electron chi connectivity index (χ1n) is 7.78. The number of hydroxylamine groups is 2. The van der Waals surface area contributed by atoms with E-state index in [0.717, 1.165) is 10.6 Å². The van der Waals surface area contributed by atoms with E-state index < -0.39 is 42.1 Å². The fraction of sp³-hybridized carbons (Fsp3) is 0.667. The lowest BCUT2D eigenvalue weighted by atomic mass is 10.0. The number of carboxylic acid groups (broad SMARTS) is 1. The van der Waals surface area contributed by atoms with Crippen LogP contribution in [0.25, 0.3) is 0 Å². The van der Waals surface area contributed by atoms with Crippen LogP contribution in [0.3, 0.4) is 0 Å². The van der Waals surface area contributed by atoms with Gasteiger partial charge in [-0.05, 0) is 27.7 Å². The van der Waals surface area contributed by atoms with Crippen LogP contribution in [0.2, 0.25) is 0 Å². The molecule has 3 amide bonds. The maximum Gasteiger partial charge on any atom is 0.407 e. The number of fused-ring (bicyclic) bond motifs is 2. The molecule has 1 fully saturated rings. The fourth-order valence-corrected chi connectivity index (χ4v) is 2.70. The van der Waals surface area contributed by atoms with Crippen molar-refractivity contribution in [2.45, 2.75) is 51.7 Å². The number of alkyl halides is 1. The maximum atomic E-state index is 13.3. The minimum atomic E-state index is -2.63. The first-order chi connectivity index (χ1) is 11.5. The number of hydrogen-bond donors (Lipinski definition) is 2. The number of amides is 3. The number of carboxylic acids is 1. The van der Waals surface area contributed by atoms with Gasteiger partial charge >= 0.3 is 24.5 Å². The van der Waals surface area contributed by atoms with Gasteiger partial charge in [-0.1, -0.05) is 11.6 Å². The number of carbonyl (C=O) groups excluding carboxylic acids is 2. The van der Waals surface area contributed by atoms with Gasteiger partial charge in [0.1, 0.15) is 5.60 Å². The van der Waals surface area contributed by atoms with Gasteiger partial charge in [0, 0.05) is 13.1 Å². The van der Waals surface area contributed by atoms with E-state index in [-0.39, 0.29) is 13.1 Å². The number of hydrogen-bond acceptors (Lipinski definition) is 5. The zero-order chi connectivity index (χ0) is 18.9. The van der Waals surface area contributed by atoms with Gasteiger partial charge in [-0.25, -0.2) is 23.6 Å². The molecule has 9 nitrogen and oxygen atoms in total. The third-order valence-electron chi connectivity index (χ3n) is 3.72. The molecular weight excluding hydrogens is 337 g/mol. The SMILES string of the molecule is CC1=C[C@@H]2CN(C(=O)N2OC(F)C(=O)O)[C@@H]1CNC(=O)OC(C)(C)C. The van der Waals surface area contributed by atoms with Crippen LogP contribution in [0.1, 0.15) is 27.7 Å². The molecule has 2 rings (SSSR count). The molecule has 0 spiro atoms. The van der Waals surface area contributed by atoms with E-state index in [9.17, 15) is 18.8 Å². The summed E-state index contributed by atoms with van der Waals surface area (Å²) in [5.41, 5.74) is 0.130. The Balaban J connectivity index is 2.01. The molecule has 2 aliphatic heterocycles. The second-order valence-corrected chi connectivity index (χ2v) is 6.90. The van der Waals surface area contributed by atoms with Gasteiger partial charge in [0.05, 0.1) is 12.1 Å². The molecule has 1 saturated heterocycles. The lowest BCUT2D eigenvalue weighted by Crippen LogP contribution is -2.48. The lowest BCUT2D eigenvalue weighted by molar-refractivity contribution is -0.219. The van der Waals surface area contributed by atoms with Gasteiger partial charge in [0.2, 0.25) is 0 Å². The number of ether oxygens (including phenoxy) is 1. The molecule has 2 bridgehead atoms. The van der Waals surface area contributed by atoms with E-state index in [1.165, 1.54) is 4.90 Å². The topological polar surface area (TPSA) is 108 Å². The summed E-state index contributed by atoms with van der Waals surface area (Å²) >= 11 is 0. The van der Waals surface area contributed by atoms with Crippen molar-refractivity contribution in [1.29, 1.82) is 0 Å². The highest BCUT2D eigenvalue weighted by molar-refractivity contribution is 5.79. The number of rotatable bonds is 5. The second-order valence-electron chi connectivity index (χ2n) is 6.90. The van der Waals surface area contributed by atoms with Gasteiger partial charge in [0.15, 0.2) is 0 Å². The Kier molecular flexibility index (Phi) is 5.21. The zero-order valence-corrected chi connectivity index (χ0v) is 14.5. The fourth-order valence-electron chi connectivity index (χ4n) is 2.70. The molecule has 2 heterocycles. The summed E-state index contributed by atoms with van der Waals surface area (Å²) in [5, 5.41) is 11.9. The highest BCUT2D eigenvalue weighted by atomic mass is 19.1. The predicted octanol–water partition coefficient (Wildman–Crippen LogP) is 1.26. The Morgan fingerprint density at radius 2 is 2.12 bits per heavy atom. The zero-order valence-electron chi connectivity index (χ0n) is 14.5. The van der Waals surface area contributed by atoms with Crippen LogP contribution in [-0.4, -0.2) is 70.3 Å². The molecule has 0 saturated carbocycles. The van der Waals surface area contributed by atoms with E-state index in [1.807, 2.05) is 0 Å². The van der Waals surface area contributed by atoms with E-state index in [0.29, 0.717) is 0 Å². The van der Waals surface area contributed by atoms with Crippen LogP contribution in [0, 0.1) is 0 Å². The molecule has 140 valence electrons. The summed E-state index contributed by atoms with van der Waals surface area (Å²) in [6.45, 7) is 7.29. The number of aliphatic carboxylic acids is 1. The Morgan fingerprint density at radius 3 is 2.68 bits per heavy atom. The molecule has 1 unspecified atom stereocenters. The van der Waals surface area contributed by atoms with Gasteiger partial charge in [0.25, 0.3) is 0 Å². The van der Waals surface area contributed by atoms with E-state index in [1.54, 1.807) is 33.8 Å². The summed E-state index contributed by atoms with van der Waals surface area (Å²) in [4.78, 5) is 40.7. The Bertz CT molecular complexity index is 603. The number of carbonyl (C=O) groups is 3. The quantitative estimate of drug-likeness (QED) is 0.716. The van der Waals surface area contributed by atoms with Crippen molar-refractivity contribution in [1.82, 2.24) is 15.3 Å². The molecular formula is C15H22FN3O6. The highest BCUT2D eigenvalue weighted by Gasteiger charge is 2.46. The van der Waals surface area contributed by atoms with Gasteiger partial charge in [-0.2, -0.15) is 5.06 Å². The van der Waals surface area contributed by atoms with E-state index >= 15 is 0 Å². The number of alkyl carbamates (subject to hydrolysis) is 1. The molecule has 0 aromatic heterocycles. The molecule has 25 heavy (non-hydrogen) atoms. The van der Waals surface area contributed by atoms with Crippen molar-refractivity contribution < 1.29 is 33.5 Å². The third-order valence-corrected chi connectivity index (χ3v) is 3.72. The molecule has 0 aromatic rings. The summed E-state index contributed by atoms with van der Waals surface area (Å²) in [7, 11) is 0. The number of urea groups is 1. The summed E-state index contributed by atoms with van der Waals surface area (Å²) < 4.78 is 18.4. The van der Waals surface area contributed by atoms with Gasteiger partial charge in [-0.15, -0.1) is 0 Å². The second kappa shape index (κ2) is 6.87. The monoisotopic (exact) mass is 359 g/mol. The minimum Gasteiger partial charge on any atom is -0.477 e. The molecule has 0 aliphatic carbocycles. The first kappa shape index (κ1) is 19.0. The van der Waals surface area contributed by atoms with E-state index in [4.69, 9.17) is 9.84 Å². The molecule has 0 radical (unpaired) electrons. The highest BCUT2D eigenvalue weighted by Crippen LogP contribution is 2.29. The van der Waals surface area contributed by atoms with Crippen LogP contribution in [0.4, 0.5) is 14.0 Å². The molecule has 10 heteroatoms. The van der Waals surface area contributed by atoms with Crippen LogP contribution < -0.4 is 5.32 Å². The van der Waals surface area contributed by atoms with Crippen LogP contribution in [-0.2, 0) is 14.4 Å². The van der Waals surface area contributed by atoms with Crippen molar-refractivity contribution in [2.24, 2.45) is 0 Å². The smallest absolute Gasteiger partial charge is 0.407 e. The van der Waals surface area contributed by atoms with Gasteiger partial charge in [-0.3, -0.25) is 0 Å². The van der Waals surface area contributed by atoms with Crippen molar-refractivity contribution in [3.63, 3.8) is 0 Å². The number of nitrogens with one attached hydrogen (secondary N) is 1. The van der Waals surface area contributed by atoms with E-state index in [2.05, 4.69) is 10.2 Å². The average molecular weight is 359 g/mol. The summed E-state index contributed by atoms with van der Waals surface area (Å²) in [6, 6.07) is -1.69. The predicted molar refractivity (Wildman–Crippen MR) is 83.1 cm³/mol. The maximum absolute atomic E-state index is 13.3. The number of nitrogens with zero attached hydrogens (tertiary/aromatic N) is 2. The molecule has 2 N–H and O–H groups in total. The first-order valence-corrected chi connectivity index (χ1v) is 7.78. The van der Waals surface area contributed by atoms with Crippen molar-refractivity contribution in [2.75, 3.05) is 13.1 Å². The Labute approximate surface area is 144 Å². The lowest BCUT2D eigenvalue weighted by Gasteiger charge is -2.30. The Morgan fingerprint density at radius 1 is 1.48 bits per heavy atom. The van der Waals surface area contributed by atoms with Crippen molar-refractivity contribution >= 4 is 18.1 Å². The molecule has 2 aliphatic rings. The molecule has 0 aromatic carbocycles.